The fourth-order valence-corrected chi connectivity index (χ4v) is 4.98. The Bertz CT molecular complexity index is 1080. The molecular formula is C30H43NO2. The molecule has 0 fully saturated rings. The Labute approximate surface area is 200 Å². The van der Waals surface area contributed by atoms with Gasteiger partial charge < -0.3 is 14.4 Å². The molecule has 0 saturated carbocycles. The smallest absolute Gasteiger partial charge is 0.122 e. The number of aromatic nitrogens is 1. The molecule has 1 aromatic heterocycles. The summed E-state index contributed by atoms with van der Waals surface area (Å²) in [6, 6.07) is 13.6. The summed E-state index contributed by atoms with van der Waals surface area (Å²) in [6.07, 6.45) is 6.18. The molecule has 0 radical (unpaired) electrons. The summed E-state index contributed by atoms with van der Waals surface area (Å²) in [5.41, 5.74) is 6.33. The lowest BCUT2D eigenvalue weighted by atomic mass is 9.70. The molecule has 0 aliphatic carbocycles. The van der Waals surface area contributed by atoms with E-state index in [9.17, 15) is 5.11 Å². The lowest BCUT2D eigenvalue weighted by molar-refractivity contribution is 0.0216. The minimum Gasteiger partial charge on any atom is -0.491 e. The SMILES string of the molecule is CCCc1ccc2c(C(CC)(CC)c3ccc(OCC(O)C(C)(C)C)c(C)c3)cn(C)c2c1. The highest BCUT2D eigenvalue weighted by Crippen LogP contribution is 2.44. The predicted molar refractivity (Wildman–Crippen MR) is 140 cm³/mol. The standard InChI is InChI=1S/C30H43NO2/c1-9-12-22-13-15-24-25(19-31(8)26(24)18-22)30(10-2,11-3)23-14-16-27(21(4)17-23)33-20-28(32)29(5,6)7/h13-19,28,32H,9-12,20H2,1-8H3. The molecule has 3 rings (SSSR count). The van der Waals surface area contributed by atoms with E-state index in [1.807, 2.05) is 20.8 Å². The fraction of sp³-hybridized carbons (Fsp3) is 0.533. The first-order chi connectivity index (χ1) is 15.6. The first-order valence-electron chi connectivity index (χ1n) is 12.6. The van der Waals surface area contributed by atoms with Crippen LogP contribution in [-0.4, -0.2) is 22.4 Å². The molecule has 0 amide bonds. The van der Waals surface area contributed by atoms with Gasteiger partial charge in [0.2, 0.25) is 0 Å². The van der Waals surface area contributed by atoms with Gasteiger partial charge in [-0.1, -0.05) is 72.2 Å². The van der Waals surface area contributed by atoms with Crippen LogP contribution in [0.1, 0.15) is 83.1 Å². The highest BCUT2D eigenvalue weighted by Gasteiger charge is 2.34. The van der Waals surface area contributed by atoms with Crippen LogP contribution < -0.4 is 4.74 Å². The summed E-state index contributed by atoms with van der Waals surface area (Å²) in [4.78, 5) is 0. The topological polar surface area (TPSA) is 34.4 Å². The lowest BCUT2D eigenvalue weighted by Gasteiger charge is -2.33. The van der Waals surface area contributed by atoms with Gasteiger partial charge in [0.25, 0.3) is 0 Å². The number of hydrogen-bond donors (Lipinski definition) is 1. The van der Waals surface area contributed by atoms with Crippen molar-refractivity contribution in [3.05, 3.63) is 64.8 Å². The number of aliphatic hydroxyl groups is 1. The van der Waals surface area contributed by atoms with Crippen molar-refractivity contribution < 1.29 is 9.84 Å². The van der Waals surface area contributed by atoms with Crippen molar-refractivity contribution in [1.29, 1.82) is 0 Å². The molecule has 3 heteroatoms. The van der Waals surface area contributed by atoms with E-state index in [0.717, 1.165) is 37.0 Å². The van der Waals surface area contributed by atoms with E-state index >= 15 is 0 Å². The predicted octanol–water partition coefficient (Wildman–Crippen LogP) is 7.33. The molecule has 3 nitrogen and oxygen atoms in total. The zero-order chi connectivity index (χ0) is 24.4. The number of rotatable bonds is 9. The van der Waals surface area contributed by atoms with Crippen LogP contribution in [0.3, 0.4) is 0 Å². The van der Waals surface area contributed by atoms with Crippen LogP contribution in [0.5, 0.6) is 5.75 Å². The van der Waals surface area contributed by atoms with Gasteiger partial charge in [-0.3, -0.25) is 0 Å². The fourth-order valence-electron chi connectivity index (χ4n) is 4.98. The Morgan fingerprint density at radius 3 is 2.27 bits per heavy atom. The Morgan fingerprint density at radius 2 is 1.70 bits per heavy atom. The van der Waals surface area contributed by atoms with Crippen molar-refractivity contribution >= 4 is 10.9 Å². The van der Waals surface area contributed by atoms with Gasteiger partial charge in [-0.2, -0.15) is 0 Å². The Balaban J connectivity index is 2.01. The third-order valence-corrected chi connectivity index (χ3v) is 7.44. The van der Waals surface area contributed by atoms with Crippen LogP contribution >= 0.6 is 0 Å². The molecule has 3 aromatic rings. The van der Waals surface area contributed by atoms with Crippen LogP contribution in [0.15, 0.2) is 42.6 Å². The van der Waals surface area contributed by atoms with Gasteiger partial charge in [-0.15, -0.1) is 0 Å². The lowest BCUT2D eigenvalue weighted by Crippen LogP contribution is -2.32. The summed E-state index contributed by atoms with van der Waals surface area (Å²) in [6.45, 7) is 15.3. The largest absolute Gasteiger partial charge is 0.491 e. The number of benzene rings is 2. The Kier molecular flexibility index (Phi) is 7.63. The molecule has 0 aliphatic rings. The quantitative estimate of drug-likeness (QED) is 0.371. The Hall–Kier alpha value is -2.26. The van der Waals surface area contributed by atoms with Crippen LogP contribution in [0, 0.1) is 12.3 Å². The van der Waals surface area contributed by atoms with Gasteiger partial charge in [-0.25, -0.2) is 0 Å². The van der Waals surface area contributed by atoms with E-state index in [4.69, 9.17) is 4.74 Å². The number of aliphatic hydroxyl groups excluding tert-OH is 1. The van der Waals surface area contributed by atoms with Crippen LogP contribution in [-0.2, 0) is 18.9 Å². The number of hydrogen-bond acceptors (Lipinski definition) is 2. The molecule has 1 N–H and O–H groups in total. The van der Waals surface area contributed by atoms with E-state index in [-0.39, 0.29) is 10.8 Å². The van der Waals surface area contributed by atoms with Gasteiger partial charge in [0.05, 0.1) is 6.10 Å². The zero-order valence-corrected chi connectivity index (χ0v) is 22.0. The number of aryl methyl sites for hydroxylation is 3. The average molecular weight is 450 g/mol. The Morgan fingerprint density at radius 1 is 1.00 bits per heavy atom. The number of nitrogens with zero attached hydrogens (tertiary/aromatic N) is 1. The maximum atomic E-state index is 10.4. The molecule has 1 atom stereocenters. The highest BCUT2D eigenvalue weighted by molar-refractivity contribution is 5.86. The third-order valence-electron chi connectivity index (χ3n) is 7.44. The van der Waals surface area contributed by atoms with Crippen molar-refractivity contribution in [3.8, 4) is 5.75 Å². The maximum Gasteiger partial charge on any atom is 0.122 e. The van der Waals surface area contributed by atoms with Crippen LogP contribution in [0.2, 0.25) is 0 Å². The van der Waals surface area contributed by atoms with E-state index in [1.165, 1.54) is 27.6 Å². The van der Waals surface area contributed by atoms with E-state index in [1.54, 1.807) is 0 Å². The van der Waals surface area contributed by atoms with Gasteiger partial charge in [0, 0.05) is 29.6 Å². The van der Waals surface area contributed by atoms with Crippen LogP contribution in [0.4, 0.5) is 0 Å². The third kappa shape index (κ3) is 4.99. The maximum absolute atomic E-state index is 10.4. The van der Waals surface area contributed by atoms with E-state index < -0.39 is 6.10 Å². The average Bonchev–Trinajstić information content (AvgIpc) is 3.10. The molecule has 0 spiro atoms. The van der Waals surface area contributed by atoms with Crippen LogP contribution in [0.25, 0.3) is 10.9 Å². The normalized spacial score (nSPS) is 13.5. The molecule has 180 valence electrons. The van der Waals surface area contributed by atoms with Crippen molar-refractivity contribution in [1.82, 2.24) is 4.57 Å². The first-order valence-corrected chi connectivity index (χ1v) is 12.6. The second-order valence-corrected chi connectivity index (χ2v) is 10.7. The molecule has 0 aliphatic heterocycles. The van der Waals surface area contributed by atoms with E-state index in [2.05, 4.69) is 81.9 Å². The van der Waals surface area contributed by atoms with Crippen molar-refractivity contribution in [2.75, 3.05) is 6.61 Å². The summed E-state index contributed by atoms with van der Waals surface area (Å²) in [5.74, 6) is 0.852. The molecule has 33 heavy (non-hydrogen) atoms. The first kappa shape index (κ1) is 25.4. The molecule has 1 heterocycles. The van der Waals surface area contributed by atoms with Crippen molar-refractivity contribution in [3.63, 3.8) is 0 Å². The number of fused-ring (bicyclic) bond motifs is 1. The minimum absolute atomic E-state index is 0.0556. The van der Waals surface area contributed by atoms with Gasteiger partial charge >= 0.3 is 0 Å². The highest BCUT2D eigenvalue weighted by atomic mass is 16.5. The van der Waals surface area contributed by atoms with Gasteiger partial charge in [-0.05, 0) is 66.0 Å². The van der Waals surface area contributed by atoms with Gasteiger partial charge in [0.1, 0.15) is 12.4 Å². The number of ether oxygens (including phenoxy) is 1. The molecule has 2 aromatic carbocycles. The van der Waals surface area contributed by atoms with Crippen molar-refractivity contribution in [2.45, 2.75) is 85.7 Å². The molecule has 1 unspecified atom stereocenters. The monoisotopic (exact) mass is 449 g/mol. The summed E-state index contributed by atoms with van der Waals surface area (Å²) >= 11 is 0. The van der Waals surface area contributed by atoms with Gasteiger partial charge in [0.15, 0.2) is 0 Å². The minimum atomic E-state index is -0.504. The second kappa shape index (κ2) is 9.93. The molecular weight excluding hydrogens is 406 g/mol. The molecule has 0 bridgehead atoms. The van der Waals surface area contributed by atoms with Crippen molar-refractivity contribution in [2.24, 2.45) is 12.5 Å². The summed E-state index contributed by atoms with van der Waals surface area (Å²) in [5, 5.41) is 11.7. The summed E-state index contributed by atoms with van der Waals surface area (Å²) in [7, 11) is 2.17. The zero-order valence-electron chi connectivity index (χ0n) is 22.0. The van der Waals surface area contributed by atoms with E-state index in [0.29, 0.717) is 6.61 Å². The summed E-state index contributed by atoms with van der Waals surface area (Å²) < 4.78 is 8.32. The second-order valence-electron chi connectivity index (χ2n) is 10.7. The molecule has 0 saturated heterocycles.